The van der Waals surface area contributed by atoms with Crippen LogP contribution in [0.3, 0.4) is 0 Å². The molecule has 1 aromatic carbocycles. The second kappa shape index (κ2) is 9.79. The van der Waals surface area contributed by atoms with Gasteiger partial charge < -0.3 is 4.90 Å². The molecule has 1 amide bonds. The number of amides is 1. The van der Waals surface area contributed by atoms with Gasteiger partial charge in [-0.3, -0.25) is 14.2 Å². The van der Waals surface area contributed by atoms with Crippen molar-refractivity contribution in [3.63, 3.8) is 0 Å². The number of unbranched alkanes of at least 4 members (excludes halogenated alkanes) is 2. The lowest BCUT2D eigenvalue weighted by Gasteiger charge is -2.30. The van der Waals surface area contributed by atoms with Crippen molar-refractivity contribution in [2.24, 2.45) is 5.92 Å². The summed E-state index contributed by atoms with van der Waals surface area (Å²) in [4.78, 5) is 32.2. The molecule has 0 saturated carbocycles. The standard InChI is InChI=1S/C21H28ClN3O2S/c1-3-4-5-10-25-20(27)17-7-6-16(22)13-18(17)23-21(25)28-14-19(26)24-11-8-15(2)9-12-24/h6-7,13,15H,3-5,8-12,14H2,1-2H3. The number of fused-ring (bicyclic) bond motifs is 1. The number of carbonyl (C=O) groups is 1. The summed E-state index contributed by atoms with van der Waals surface area (Å²) in [6, 6.07) is 5.17. The smallest absolute Gasteiger partial charge is 0.262 e. The molecule has 2 heterocycles. The lowest BCUT2D eigenvalue weighted by molar-refractivity contribution is -0.129. The van der Waals surface area contributed by atoms with Gasteiger partial charge in [0.05, 0.1) is 16.7 Å². The second-order valence-electron chi connectivity index (χ2n) is 7.57. The minimum Gasteiger partial charge on any atom is -0.342 e. The molecule has 0 aliphatic carbocycles. The van der Waals surface area contributed by atoms with Crippen molar-refractivity contribution < 1.29 is 4.79 Å². The van der Waals surface area contributed by atoms with Gasteiger partial charge in [-0.05, 0) is 43.4 Å². The largest absolute Gasteiger partial charge is 0.342 e. The van der Waals surface area contributed by atoms with Crippen molar-refractivity contribution >= 4 is 40.2 Å². The molecule has 1 aromatic heterocycles. The molecule has 2 aromatic rings. The highest BCUT2D eigenvalue weighted by Crippen LogP contribution is 2.23. The van der Waals surface area contributed by atoms with E-state index >= 15 is 0 Å². The first-order valence-electron chi connectivity index (χ1n) is 10.1. The van der Waals surface area contributed by atoms with Crippen LogP contribution in [-0.4, -0.2) is 39.2 Å². The quantitative estimate of drug-likeness (QED) is 0.372. The van der Waals surface area contributed by atoms with Crippen LogP contribution in [0.15, 0.2) is 28.2 Å². The summed E-state index contributed by atoms with van der Waals surface area (Å²) in [5.41, 5.74) is 0.533. The summed E-state index contributed by atoms with van der Waals surface area (Å²) in [5, 5.41) is 1.73. The number of aromatic nitrogens is 2. The fourth-order valence-corrected chi connectivity index (χ4v) is 4.57. The highest BCUT2D eigenvalue weighted by atomic mass is 35.5. The highest BCUT2D eigenvalue weighted by molar-refractivity contribution is 7.99. The van der Waals surface area contributed by atoms with Crippen molar-refractivity contribution in [3.05, 3.63) is 33.6 Å². The predicted molar refractivity (Wildman–Crippen MR) is 116 cm³/mol. The number of halogens is 1. The Balaban J connectivity index is 1.82. The van der Waals surface area contributed by atoms with Crippen LogP contribution in [-0.2, 0) is 11.3 Å². The molecular weight excluding hydrogens is 394 g/mol. The Kier molecular flexibility index (Phi) is 7.41. The molecule has 5 nitrogen and oxygen atoms in total. The minimum atomic E-state index is -0.0560. The van der Waals surface area contributed by atoms with Gasteiger partial charge in [0.15, 0.2) is 5.16 Å². The Morgan fingerprint density at radius 2 is 2.04 bits per heavy atom. The van der Waals surface area contributed by atoms with Crippen LogP contribution in [0.1, 0.15) is 46.0 Å². The van der Waals surface area contributed by atoms with Gasteiger partial charge >= 0.3 is 0 Å². The van der Waals surface area contributed by atoms with Crippen molar-refractivity contribution in [1.82, 2.24) is 14.5 Å². The van der Waals surface area contributed by atoms with E-state index in [1.807, 2.05) is 4.90 Å². The molecular formula is C21H28ClN3O2S. The molecule has 1 fully saturated rings. The molecule has 0 N–H and O–H groups in total. The Morgan fingerprint density at radius 3 is 2.75 bits per heavy atom. The first-order chi connectivity index (χ1) is 13.5. The predicted octanol–water partition coefficient (Wildman–Crippen LogP) is 4.59. The average molecular weight is 422 g/mol. The third-order valence-corrected chi connectivity index (χ3v) is 6.52. The van der Waals surface area contributed by atoms with Crippen LogP contribution in [0.5, 0.6) is 0 Å². The van der Waals surface area contributed by atoms with Gasteiger partial charge in [0.1, 0.15) is 0 Å². The highest BCUT2D eigenvalue weighted by Gasteiger charge is 2.21. The zero-order valence-electron chi connectivity index (χ0n) is 16.6. The van der Waals surface area contributed by atoms with Crippen molar-refractivity contribution in [3.8, 4) is 0 Å². The number of benzene rings is 1. The summed E-state index contributed by atoms with van der Waals surface area (Å²) in [7, 11) is 0. The van der Waals surface area contributed by atoms with Gasteiger partial charge in [-0.2, -0.15) is 0 Å². The van der Waals surface area contributed by atoms with Crippen molar-refractivity contribution in [2.75, 3.05) is 18.8 Å². The van der Waals surface area contributed by atoms with E-state index in [1.54, 1.807) is 22.8 Å². The van der Waals surface area contributed by atoms with Gasteiger partial charge in [-0.15, -0.1) is 0 Å². The summed E-state index contributed by atoms with van der Waals surface area (Å²) in [5.74, 6) is 1.12. The van der Waals surface area contributed by atoms with Crippen LogP contribution >= 0.6 is 23.4 Å². The zero-order valence-corrected chi connectivity index (χ0v) is 18.2. The Bertz CT molecular complexity index is 891. The Morgan fingerprint density at radius 1 is 1.29 bits per heavy atom. The van der Waals surface area contributed by atoms with Gasteiger partial charge in [-0.1, -0.05) is 50.1 Å². The zero-order chi connectivity index (χ0) is 20.1. The van der Waals surface area contributed by atoms with Gasteiger partial charge in [0.2, 0.25) is 5.91 Å². The normalized spacial score (nSPS) is 15.3. The van der Waals surface area contributed by atoms with Gasteiger partial charge in [0.25, 0.3) is 5.56 Å². The van der Waals surface area contributed by atoms with E-state index in [1.165, 1.54) is 11.8 Å². The first kappa shape index (κ1) is 21.2. The Labute approximate surface area is 175 Å². The molecule has 0 atom stereocenters. The van der Waals surface area contributed by atoms with E-state index in [0.29, 0.717) is 39.3 Å². The first-order valence-corrected chi connectivity index (χ1v) is 11.5. The molecule has 7 heteroatoms. The van der Waals surface area contributed by atoms with Gasteiger partial charge in [0, 0.05) is 24.7 Å². The van der Waals surface area contributed by atoms with E-state index in [0.717, 1.165) is 45.2 Å². The number of piperidine rings is 1. The molecule has 28 heavy (non-hydrogen) atoms. The third-order valence-electron chi connectivity index (χ3n) is 5.33. The number of hydrogen-bond donors (Lipinski definition) is 0. The van der Waals surface area contributed by atoms with Crippen LogP contribution in [0.2, 0.25) is 5.02 Å². The number of likely N-dealkylation sites (tertiary alicyclic amines) is 1. The molecule has 3 rings (SSSR count). The number of rotatable bonds is 7. The summed E-state index contributed by atoms with van der Waals surface area (Å²) in [6.45, 7) is 6.64. The van der Waals surface area contributed by atoms with E-state index < -0.39 is 0 Å². The van der Waals surface area contributed by atoms with Crippen LogP contribution in [0.25, 0.3) is 10.9 Å². The Hall–Kier alpha value is -1.53. The second-order valence-corrected chi connectivity index (χ2v) is 8.95. The topological polar surface area (TPSA) is 55.2 Å². The SMILES string of the molecule is CCCCCn1c(SCC(=O)N2CCC(C)CC2)nc2cc(Cl)ccc2c1=O. The number of nitrogens with zero attached hydrogens (tertiary/aromatic N) is 3. The fourth-order valence-electron chi connectivity index (χ4n) is 3.48. The van der Waals surface area contributed by atoms with E-state index in [4.69, 9.17) is 11.6 Å². The van der Waals surface area contributed by atoms with Crippen molar-refractivity contribution in [2.45, 2.75) is 57.7 Å². The lowest BCUT2D eigenvalue weighted by Crippen LogP contribution is -2.39. The number of carbonyl (C=O) groups excluding carboxylic acids is 1. The summed E-state index contributed by atoms with van der Waals surface area (Å²) < 4.78 is 1.72. The summed E-state index contributed by atoms with van der Waals surface area (Å²) >= 11 is 7.45. The molecule has 1 aliphatic rings. The minimum absolute atomic E-state index is 0.0560. The van der Waals surface area contributed by atoms with Crippen LogP contribution in [0.4, 0.5) is 0 Å². The molecule has 1 aliphatic heterocycles. The lowest BCUT2D eigenvalue weighted by atomic mass is 9.99. The maximum atomic E-state index is 13.0. The van der Waals surface area contributed by atoms with E-state index in [2.05, 4.69) is 18.8 Å². The van der Waals surface area contributed by atoms with Crippen molar-refractivity contribution in [1.29, 1.82) is 0 Å². The number of thioether (sulfide) groups is 1. The van der Waals surface area contributed by atoms with E-state index in [9.17, 15) is 9.59 Å². The fraction of sp³-hybridized carbons (Fsp3) is 0.571. The van der Waals surface area contributed by atoms with Gasteiger partial charge in [-0.25, -0.2) is 4.98 Å². The molecule has 0 bridgehead atoms. The van der Waals surface area contributed by atoms with Crippen LogP contribution in [0, 0.1) is 5.92 Å². The molecule has 1 saturated heterocycles. The van der Waals surface area contributed by atoms with E-state index in [-0.39, 0.29) is 11.5 Å². The molecule has 152 valence electrons. The molecule has 0 radical (unpaired) electrons. The number of hydrogen-bond acceptors (Lipinski definition) is 4. The molecule has 0 spiro atoms. The summed E-state index contributed by atoms with van der Waals surface area (Å²) in [6.07, 6.45) is 5.18. The molecule has 0 unspecified atom stereocenters. The third kappa shape index (κ3) is 5.09. The monoisotopic (exact) mass is 421 g/mol. The van der Waals surface area contributed by atoms with Crippen LogP contribution < -0.4 is 5.56 Å². The maximum absolute atomic E-state index is 13.0. The average Bonchev–Trinajstić information content (AvgIpc) is 2.68. The maximum Gasteiger partial charge on any atom is 0.262 e.